The van der Waals surface area contributed by atoms with E-state index >= 15 is 0 Å². The van der Waals surface area contributed by atoms with Crippen molar-refractivity contribution in [1.82, 2.24) is 0 Å². The van der Waals surface area contributed by atoms with Crippen LogP contribution in [0.15, 0.2) is 23.8 Å². The third-order valence-electron chi connectivity index (χ3n) is 7.45. The Morgan fingerprint density at radius 3 is 2.79 bits per heavy atom. The van der Waals surface area contributed by atoms with Crippen LogP contribution in [-0.4, -0.2) is 48.7 Å². The van der Waals surface area contributed by atoms with Crippen molar-refractivity contribution in [2.75, 3.05) is 6.61 Å². The molecule has 5 nitrogen and oxygen atoms in total. The Hall–Kier alpha value is -1.17. The van der Waals surface area contributed by atoms with Crippen LogP contribution in [-0.2, 0) is 23.7 Å². The lowest BCUT2D eigenvalue weighted by atomic mass is 9.52. The molecular formula is C19H24O5. The molecule has 0 amide bonds. The summed E-state index contributed by atoms with van der Waals surface area (Å²) in [6.07, 6.45) is 6.12. The Morgan fingerprint density at radius 1 is 1.38 bits per heavy atom. The minimum absolute atomic E-state index is 0.0171. The molecule has 0 aromatic carbocycles. The molecule has 5 rings (SSSR count). The van der Waals surface area contributed by atoms with E-state index < -0.39 is 0 Å². The first-order chi connectivity index (χ1) is 11.4. The molecular weight excluding hydrogens is 308 g/mol. The molecule has 3 saturated heterocycles. The highest BCUT2D eigenvalue weighted by atomic mass is 16.6. The van der Waals surface area contributed by atoms with Crippen LogP contribution >= 0.6 is 0 Å². The van der Waals surface area contributed by atoms with Gasteiger partial charge in [-0.1, -0.05) is 26.0 Å². The van der Waals surface area contributed by atoms with Crippen LogP contribution in [0.4, 0.5) is 0 Å². The van der Waals surface area contributed by atoms with Gasteiger partial charge in [-0.3, -0.25) is 0 Å². The number of rotatable bonds is 2. The van der Waals surface area contributed by atoms with Crippen LogP contribution in [0.2, 0.25) is 0 Å². The zero-order chi connectivity index (χ0) is 16.9. The van der Waals surface area contributed by atoms with Crippen molar-refractivity contribution in [1.29, 1.82) is 0 Å². The van der Waals surface area contributed by atoms with Crippen molar-refractivity contribution in [3.05, 3.63) is 23.8 Å². The van der Waals surface area contributed by atoms with Crippen molar-refractivity contribution in [2.24, 2.45) is 10.8 Å². The number of carbonyl (C=O) groups excluding carboxylic acids is 1. The summed E-state index contributed by atoms with van der Waals surface area (Å²) in [7, 11) is 0. The molecule has 0 radical (unpaired) electrons. The third kappa shape index (κ3) is 1.46. The molecule has 2 bridgehead atoms. The van der Waals surface area contributed by atoms with Gasteiger partial charge in [0.15, 0.2) is 0 Å². The summed E-state index contributed by atoms with van der Waals surface area (Å²) in [5.41, 5.74) is 0.332. The van der Waals surface area contributed by atoms with Gasteiger partial charge in [0.05, 0.1) is 24.9 Å². The largest absolute Gasteiger partial charge is 0.458 e. The van der Waals surface area contributed by atoms with Crippen LogP contribution in [0.25, 0.3) is 0 Å². The van der Waals surface area contributed by atoms with Gasteiger partial charge >= 0.3 is 5.97 Å². The lowest BCUT2D eigenvalue weighted by molar-refractivity contribution is -0.212. The molecule has 8 atom stereocenters. The van der Waals surface area contributed by atoms with E-state index in [2.05, 4.69) is 26.8 Å². The molecule has 0 aromatic rings. The molecule has 1 spiro atoms. The predicted molar refractivity (Wildman–Crippen MR) is 85.3 cm³/mol. The molecule has 24 heavy (non-hydrogen) atoms. The van der Waals surface area contributed by atoms with Crippen molar-refractivity contribution < 1.29 is 23.7 Å². The SMILES string of the molecule is C/C=C/C(=O)O[C@@H]1C[C@H]2O[C@H]3C=C(C)[C@@H]4O[C@@H]4[C@]3(C)[C@]1(C)[C@]21CO1. The van der Waals surface area contributed by atoms with E-state index in [4.69, 9.17) is 18.9 Å². The fourth-order valence-corrected chi connectivity index (χ4v) is 5.77. The van der Waals surface area contributed by atoms with Crippen molar-refractivity contribution in [2.45, 2.75) is 70.2 Å². The Bertz CT molecular complexity index is 677. The van der Waals surface area contributed by atoms with Crippen LogP contribution in [0.5, 0.6) is 0 Å². The summed E-state index contributed by atoms with van der Waals surface area (Å²) >= 11 is 0. The lowest BCUT2D eigenvalue weighted by Crippen LogP contribution is -2.66. The second-order valence-electron chi connectivity index (χ2n) is 8.26. The van der Waals surface area contributed by atoms with Gasteiger partial charge in [0, 0.05) is 23.3 Å². The first-order valence-corrected chi connectivity index (χ1v) is 8.85. The summed E-state index contributed by atoms with van der Waals surface area (Å²) in [6.45, 7) is 9.05. The molecule has 0 N–H and O–H groups in total. The third-order valence-corrected chi connectivity index (χ3v) is 7.45. The molecule has 5 aliphatic rings. The monoisotopic (exact) mass is 332 g/mol. The zero-order valence-corrected chi connectivity index (χ0v) is 14.6. The topological polar surface area (TPSA) is 60.6 Å². The average molecular weight is 332 g/mol. The normalized spacial score (nSPS) is 56.7. The number of allylic oxidation sites excluding steroid dienone is 1. The first kappa shape index (κ1) is 15.1. The van der Waals surface area contributed by atoms with Crippen molar-refractivity contribution in [3.8, 4) is 0 Å². The molecule has 2 aliphatic carbocycles. The average Bonchev–Trinajstić information content (AvgIpc) is 3.40. The van der Waals surface area contributed by atoms with E-state index in [1.165, 1.54) is 11.6 Å². The number of ether oxygens (including phenoxy) is 4. The van der Waals surface area contributed by atoms with Crippen LogP contribution in [0.1, 0.15) is 34.1 Å². The highest BCUT2D eigenvalue weighted by Gasteiger charge is 2.85. The van der Waals surface area contributed by atoms with E-state index in [1.807, 2.05) is 6.92 Å². The van der Waals surface area contributed by atoms with Gasteiger partial charge in [-0.05, 0) is 19.4 Å². The summed E-state index contributed by atoms with van der Waals surface area (Å²) < 4.78 is 24.4. The number of esters is 1. The van der Waals surface area contributed by atoms with Gasteiger partial charge in [-0.25, -0.2) is 4.79 Å². The fraction of sp³-hybridized carbons (Fsp3) is 0.737. The van der Waals surface area contributed by atoms with Crippen LogP contribution in [0.3, 0.4) is 0 Å². The Balaban J connectivity index is 1.60. The smallest absolute Gasteiger partial charge is 0.330 e. The van der Waals surface area contributed by atoms with Crippen molar-refractivity contribution in [3.63, 3.8) is 0 Å². The molecule has 130 valence electrons. The second kappa shape index (κ2) is 4.32. The molecule has 3 aliphatic heterocycles. The van der Waals surface area contributed by atoms with Gasteiger partial charge in [0.1, 0.15) is 17.8 Å². The van der Waals surface area contributed by atoms with Gasteiger partial charge in [0.25, 0.3) is 0 Å². The van der Waals surface area contributed by atoms with Gasteiger partial charge < -0.3 is 18.9 Å². The van der Waals surface area contributed by atoms with Crippen LogP contribution in [0, 0.1) is 10.8 Å². The number of fused-ring (bicyclic) bond motifs is 4. The van der Waals surface area contributed by atoms with E-state index in [-0.39, 0.29) is 52.9 Å². The Kier molecular flexibility index (Phi) is 2.72. The Morgan fingerprint density at radius 2 is 2.12 bits per heavy atom. The number of carbonyl (C=O) groups is 1. The number of epoxide rings is 2. The van der Waals surface area contributed by atoms with Crippen molar-refractivity contribution >= 4 is 5.97 Å². The summed E-state index contributed by atoms with van der Waals surface area (Å²) in [5, 5.41) is 0. The van der Waals surface area contributed by atoms with E-state index in [0.29, 0.717) is 13.0 Å². The predicted octanol–water partition coefficient (Wildman–Crippen LogP) is 2.15. The molecule has 5 heteroatoms. The van der Waals surface area contributed by atoms with Crippen LogP contribution < -0.4 is 0 Å². The summed E-state index contributed by atoms with van der Waals surface area (Å²) in [6, 6.07) is 0. The van der Waals surface area contributed by atoms with E-state index in [9.17, 15) is 4.79 Å². The summed E-state index contributed by atoms with van der Waals surface area (Å²) in [4.78, 5) is 12.1. The zero-order valence-electron chi connectivity index (χ0n) is 14.6. The molecule has 0 unspecified atom stereocenters. The molecule has 0 aromatic heterocycles. The highest BCUT2D eigenvalue weighted by molar-refractivity contribution is 5.82. The van der Waals surface area contributed by atoms with Gasteiger partial charge in [0.2, 0.25) is 0 Å². The second-order valence-corrected chi connectivity index (χ2v) is 8.26. The molecule has 3 heterocycles. The number of hydrogen-bond donors (Lipinski definition) is 0. The maximum absolute atomic E-state index is 12.1. The van der Waals surface area contributed by atoms with Gasteiger partial charge in [-0.2, -0.15) is 0 Å². The number of hydrogen-bond acceptors (Lipinski definition) is 5. The first-order valence-electron chi connectivity index (χ1n) is 8.85. The maximum Gasteiger partial charge on any atom is 0.330 e. The molecule has 1 saturated carbocycles. The minimum Gasteiger partial charge on any atom is -0.458 e. The standard InChI is InChI=1S/C19H24O5/c1-5-6-14(20)23-12-8-13-19(9-21-19)18(12,4)17(3)11(22-13)7-10(2)15-16(17)24-15/h5-7,11-13,15-16H,8-9H2,1-4H3/b6-5+/t11-,12+,13+,15-,16-,17+,18+,19-/m0/s1. The maximum atomic E-state index is 12.1. The minimum atomic E-state index is -0.339. The highest BCUT2D eigenvalue weighted by Crippen LogP contribution is 2.74. The lowest BCUT2D eigenvalue weighted by Gasteiger charge is -2.56. The fourth-order valence-electron chi connectivity index (χ4n) is 5.77. The summed E-state index contributed by atoms with van der Waals surface area (Å²) in [5.74, 6) is -0.289. The quantitative estimate of drug-likeness (QED) is 0.336. The van der Waals surface area contributed by atoms with E-state index in [0.717, 1.165) is 0 Å². The van der Waals surface area contributed by atoms with E-state index in [1.54, 1.807) is 6.08 Å². The van der Waals surface area contributed by atoms with Gasteiger partial charge in [-0.15, -0.1) is 0 Å². The Labute approximate surface area is 142 Å². The molecule has 4 fully saturated rings.